The fourth-order valence-corrected chi connectivity index (χ4v) is 1.89. The van der Waals surface area contributed by atoms with Crippen molar-refractivity contribution in [2.45, 2.75) is 13.5 Å². The summed E-state index contributed by atoms with van der Waals surface area (Å²) in [6, 6.07) is 6.98. The highest BCUT2D eigenvalue weighted by Gasteiger charge is 2.08. The Balaban J connectivity index is 2.43. The highest BCUT2D eigenvalue weighted by atomic mass is 35.5. The molecule has 0 radical (unpaired) electrons. The van der Waals surface area contributed by atoms with Crippen LogP contribution in [0.2, 0.25) is 5.02 Å². The van der Waals surface area contributed by atoms with Crippen molar-refractivity contribution < 1.29 is 4.74 Å². The average Bonchev–Trinajstić information content (AvgIpc) is 2.36. The molecule has 0 saturated carbocycles. The Morgan fingerprint density at radius 2 is 2.16 bits per heavy atom. The average molecular weight is 280 g/mol. The molecule has 0 fully saturated rings. The van der Waals surface area contributed by atoms with Gasteiger partial charge in [0, 0.05) is 11.8 Å². The third-order valence-corrected chi connectivity index (χ3v) is 3.03. The van der Waals surface area contributed by atoms with Gasteiger partial charge in [0.25, 0.3) is 11.6 Å². The minimum absolute atomic E-state index is 0.169. The van der Waals surface area contributed by atoms with Crippen molar-refractivity contribution in [1.82, 2.24) is 9.55 Å². The molecule has 0 aliphatic heterocycles. The Kier molecular flexibility index (Phi) is 3.76. The predicted octanol–water partition coefficient (Wildman–Crippen LogP) is 1.84. The highest BCUT2D eigenvalue weighted by molar-refractivity contribution is 6.33. The number of benzene rings is 1. The molecule has 0 amide bonds. The number of nitrogens with two attached hydrogens (primary N) is 1. The van der Waals surface area contributed by atoms with Crippen molar-refractivity contribution in [3.05, 3.63) is 50.9 Å². The van der Waals surface area contributed by atoms with Crippen molar-refractivity contribution >= 4 is 17.3 Å². The first kappa shape index (κ1) is 13.4. The maximum Gasteiger partial charge on any atom is 0.299 e. The number of methoxy groups -OCH3 is 1. The lowest BCUT2D eigenvalue weighted by Gasteiger charge is -2.11. The molecule has 0 bridgehead atoms. The van der Waals surface area contributed by atoms with Crippen LogP contribution in [-0.2, 0) is 6.54 Å². The summed E-state index contributed by atoms with van der Waals surface area (Å²) in [5, 5.41) is 0.491. The zero-order chi connectivity index (χ0) is 14.0. The summed E-state index contributed by atoms with van der Waals surface area (Å²) in [6.45, 7) is 2.07. The molecule has 5 nitrogen and oxygen atoms in total. The molecule has 0 saturated heterocycles. The number of nitrogen functional groups attached to an aromatic ring is 1. The maximum absolute atomic E-state index is 12.0. The van der Waals surface area contributed by atoms with E-state index in [0.717, 1.165) is 5.56 Å². The number of nitrogens with zero attached hydrogens (tertiary/aromatic N) is 2. The van der Waals surface area contributed by atoms with Gasteiger partial charge in [0.15, 0.2) is 0 Å². The molecule has 0 spiro atoms. The van der Waals surface area contributed by atoms with Gasteiger partial charge in [0.2, 0.25) is 0 Å². The lowest BCUT2D eigenvalue weighted by atomic mass is 10.2. The van der Waals surface area contributed by atoms with Gasteiger partial charge in [-0.05, 0) is 24.6 Å². The number of ether oxygens (including phenoxy) is 1. The number of hydrogen-bond acceptors (Lipinski definition) is 4. The molecule has 2 N–H and O–H groups in total. The summed E-state index contributed by atoms with van der Waals surface area (Å²) >= 11 is 5.86. The first-order valence-electron chi connectivity index (χ1n) is 5.67. The first-order valence-corrected chi connectivity index (χ1v) is 6.05. The molecular formula is C13H14ClN3O2. The van der Waals surface area contributed by atoms with Gasteiger partial charge >= 0.3 is 0 Å². The molecule has 0 aliphatic rings. The molecule has 1 aromatic heterocycles. The molecule has 0 unspecified atom stereocenters. The van der Waals surface area contributed by atoms with E-state index in [4.69, 9.17) is 22.1 Å². The largest absolute Gasteiger partial charge is 0.468 e. The first-order chi connectivity index (χ1) is 9.01. The fraction of sp³-hybridized carbons (Fsp3) is 0.231. The van der Waals surface area contributed by atoms with E-state index in [2.05, 4.69) is 4.98 Å². The van der Waals surface area contributed by atoms with Crippen molar-refractivity contribution in [1.29, 1.82) is 0 Å². The maximum atomic E-state index is 12.0. The number of anilines is 1. The molecule has 19 heavy (non-hydrogen) atoms. The van der Waals surface area contributed by atoms with Crippen LogP contribution in [0.1, 0.15) is 11.3 Å². The third kappa shape index (κ3) is 2.88. The van der Waals surface area contributed by atoms with E-state index >= 15 is 0 Å². The van der Waals surface area contributed by atoms with Crippen molar-refractivity contribution in [2.24, 2.45) is 0 Å². The normalized spacial score (nSPS) is 10.5. The summed E-state index contributed by atoms with van der Waals surface area (Å²) in [4.78, 5) is 16.1. The van der Waals surface area contributed by atoms with Crippen LogP contribution >= 0.6 is 11.6 Å². The molecule has 2 aromatic rings. The van der Waals surface area contributed by atoms with E-state index in [1.807, 2.05) is 6.07 Å². The minimum atomic E-state index is -0.169. The second-order valence-corrected chi connectivity index (χ2v) is 4.57. The third-order valence-electron chi connectivity index (χ3n) is 2.68. The van der Waals surface area contributed by atoms with Gasteiger partial charge in [0.05, 0.1) is 24.4 Å². The van der Waals surface area contributed by atoms with Crippen molar-refractivity contribution in [2.75, 3.05) is 12.8 Å². The van der Waals surface area contributed by atoms with Gasteiger partial charge in [0.1, 0.15) is 0 Å². The van der Waals surface area contributed by atoms with Gasteiger partial charge in [-0.15, -0.1) is 0 Å². The predicted molar refractivity (Wildman–Crippen MR) is 74.8 cm³/mol. The molecule has 1 aromatic carbocycles. The van der Waals surface area contributed by atoms with E-state index in [1.54, 1.807) is 19.1 Å². The van der Waals surface area contributed by atoms with Crippen LogP contribution in [0.3, 0.4) is 0 Å². The molecule has 0 atom stereocenters. The molecular weight excluding hydrogens is 266 g/mol. The van der Waals surface area contributed by atoms with Crippen LogP contribution in [0.4, 0.5) is 5.69 Å². The Bertz CT molecular complexity index is 667. The van der Waals surface area contributed by atoms with Gasteiger partial charge in [-0.2, -0.15) is 0 Å². The standard InChI is InChI=1S/C13H14ClN3O2/c1-8-5-12(18)17(13(16-8)19-2)7-9-3-4-10(14)11(15)6-9/h3-6H,7,15H2,1-2H3. The van der Waals surface area contributed by atoms with Crippen LogP contribution < -0.4 is 16.0 Å². The van der Waals surface area contributed by atoms with Gasteiger partial charge in [-0.25, -0.2) is 4.98 Å². The Hall–Kier alpha value is -2.01. The Labute approximate surface area is 115 Å². The zero-order valence-electron chi connectivity index (χ0n) is 10.7. The van der Waals surface area contributed by atoms with E-state index in [0.29, 0.717) is 22.9 Å². The van der Waals surface area contributed by atoms with E-state index < -0.39 is 0 Å². The number of hydrogen-bond donors (Lipinski definition) is 1. The summed E-state index contributed by atoms with van der Waals surface area (Å²) in [6.07, 6.45) is 0. The zero-order valence-corrected chi connectivity index (χ0v) is 11.4. The molecule has 0 aliphatic carbocycles. The lowest BCUT2D eigenvalue weighted by molar-refractivity contribution is 0.350. The number of aryl methyl sites for hydroxylation is 1. The Morgan fingerprint density at radius 1 is 1.42 bits per heavy atom. The van der Waals surface area contributed by atoms with Gasteiger partial charge < -0.3 is 10.5 Å². The van der Waals surface area contributed by atoms with Crippen LogP contribution in [0.25, 0.3) is 0 Å². The number of halogens is 1. The smallest absolute Gasteiger partial charge is 0.299 e. The molecule has 6 heteroatoms. The fourth-order valence-electron chi connectivity index (χ4n) is 1.77. The monoisotopic (exact) mass is 279 g/mol. The van der Waals surface area contributed by atoms with Crippen molar-refractivity contribution in [3.8, 4) is 6.01 Å². The Morgan fingerprint density at radius 3 is 2.79 bits per heavy atom. The molecule has 1 heterocycles. The van der Waals surface area contributed by atoms with Crippen LogP contribution in [-0.4, -0.2) is 16.7 Å². The van der Waals surface area contributed by atoms with Crippen LogP contribution in [0.15, 0.2) is 29.1 Å². The van der Waals surface area contributed by atoms with E-state index in [9.17, 15) is 4.79 Å². The lowest BCUT2D eigenvalue weighted by Crippen LogP contribution is -2.23. The number of aromatic nitrogens is 2. The quantitative estimate of drug-likeness (QED) is 0.871. The summed E-state index contributed by atoms with van der Waals surface area (Å²) in [7, 11) is 1.48. The van der Waals surface area contributed by atoms with Crippen molar-refractivity contribution in [3.63, 3.8) is 0 Å². The SMILES string of the molecule is COc1nc(C)cc(=O)n1Cc1ccc(Cl)c(N)c1. The number of rotatable bonds is 3. The summed E-state index contributed by atoms with van der Waals surface area (Å²) in [5.74, 6) is 0. The van der Waals surface area contributed by atoms with Gasteiger partial charge in [-0.3, -0.25) is 9.36 Å². The second-order valence-electron chi connectivity index (χ2n) is 4.16. The highest BCUT2D eigenvalue weighted by Crippen LogP contribution is 2.20. The molecule has 2 rings (SSSR count). The van der Waals surface area contributed by atoms with Gasteiger partial charge in [-0.1, -0.05) is 17.7 Å². The van der Waals surface area contributed by atoms with E-state index in [1.165, 1.54) is 17.7 Å². The topological polar surface area (TPSA) is 70.1 Å². The van der Waals surface area contributed by atoms with Crippen LogP contribution in [0.5, 0.6) is 6.01 Å². The summed E-state index contributed by atoms with van der Waals surface area (Å²) < 4.78 is 6.57. The minimum Gasteiger partial charge on any atom is -0.468 e. The van der Waals surface area contributed by atoms with Crippen LogP contribution in [0, 0.1) is 6.92 Å². The van der Waals surface area contributed by atoms with E-state index in [-0.39, 0.29) is 11.6 Å². The molecule has 100 valence electrons. The second kappa shape index (κ2) is 5.32. The summed E-state index contributed by atoms with van der Waals surface area (Å²) in [5.41, 5.74) is 7.52.